The Morgan fingerprint density at radius 3 is 2.39 bits per heavy atom. The van der Waals surface area contributed by atoms with Crippen LogP contribution in [0.2, 0.25) is 10.0 Å². The van der Waals surface area contributed by atoms with E-state index in [1.54, 1.807) is 25.1 Å². The van der Waals surface area contributed by atoms with E-state index >= 15 is 0 Å². The molecular formula is C15H11Cl2N3O3. The third kappa shape index (κ3) is 4.28. The van der Waals surface area contributed by atoms with E-state index in [4.69, 9.17) is 23.2 Å². The van der Waals surface area contributed by atoms with Crippen LogP contribution in [0, 0.1) is 10.1 Å². The van der Waals surface area contributed by atoms with E-state index in [-0.39, 0.29) is 16.3 Å². The molecule has 0 fully saturated rings. The van der Waals surface area contributed by atoms with Gasteiger partial charge in [-0.25, -0.2) is 5.43 Å². The number of rotatable bonds is 4. The summed E-state index contributed by atoms with van der Waals surface area (Å²) >= 11 is 11.7. The van der Waals surface area contributed by atoms with Crippen LogP contribution in [0.3, 0.4) is 0 Å². The second kappa shape index (κ2) is 7.21. The molecule has 6 nitrogen and oxygen atoms in total. The molecule has 2 aromatic rings. The molecule has 2 aromatic carbocycles. The van der Waals surface area contributed by atoms with Crippen LogP contribution in [0.4, 0.5) is 5.69 Å². The number of carbonyl (C=O) groups is 1. The number of hydrogen-bond donors (Lipinski definition) is 1. The summed E-state index contributed by atoms with van der Waals surface area (Å²) in [6.45, 7) is 1.67. The largest absolute Gasteiger partial charge is 0.272 e. The van der Waals surface area contributed by atoms with Gasteiger partial charge in [-0.2, -0.15) is 5.10 Å². The predicted molar refractivity (Wildman–Crippen MR) is 89.2 cm³/mol. The minimum absolute atomic E-state index is 0.0152. The number of nitrogens with zero attached hydrogens (tertiary/aromatic N) is 2. The SMILES string of the molecule is CC(=NNC(=O)c1ccc(Cl)cc1Cl)c1ccc([N+](=O)[O-])cc1. The molecule has 0 unspecified atom stereocenters. The number of nitro groups is 1. The normalized spacial score (nSPS) is 11.2. The van der Waals surface area contributed by atoms with Crippen molar-refractivity contribution in [2.75, 3.05) is 0 Å². The third-order valence-electron chi connectivity index (χ3n) is 3.00. The molecule has 1 amide bonds. The van der Waals surface area contributed by atoms with Crippen molar-refractivity contribution >= 4 is 40.5 Å². The lowest BCUT2D eigenvalue weighted by Gasteiger charge is -2.05. The summed E-state index contributed by atoms with van der Waals surface area (Å²) in [7, 11) is 0. The second-order valence-electron chi connectivity index (χ2n) is 4.57. The highest BCUT2D eigenvalue weighted by Gasteiger charge is 2.10. The van der Waals surface area contributed by atoms with Crippen molar-refractivity contribution < 1.29 is 9.72 Å². The molecule has 0 aliphatic rings. The summed E-state index contributed by atoms with van der Waals surface area (Å²) in [4.78, 5) is 22.1. The van der Waals surface area contributed by atoms with E-state index in [1.807, 2.05) is 0 Å². The van der Waals surface area contributed by atoms with Crippen molar-refractivity contribution in [1.29, 1.82) is 0 Å². The number of carbonyl (C=O) groups excluding carboxylic acids is 1. The molecule has 0 atom stereocenters. The molecule has 0 spiro atoms. The van der Waals surface area contributed by atoms with Crippen LogP contribution in [0.15, 0.2) is 47.6 Å². The first-order valence-electron chi connectivity index (χ1n) is 6.43. The number of hydrogen-bond acceptors (Lipinski definition) is 4. The average molecular weight is 352 g/mol. The van der Waals surface area contributed by atoms with E-state index in [2.05, 4.69) is 10.5 Å². The molecule has 1 N–H and O–H groups in total. The van der Waals surface area contributed by atoms with Crippen LogP contribution < -0.4 is 5.43 Å². The number of halogens is 2. The lowest BCUT2D eigenvalue weighted by molar-refractivity contribution is -0.384. The zero-order valence-corrected chi connectivity index (χ0v) is 13.4. The van der Waals surface area contributed by atoms with Gasteiger partial charge in [-0.15, -0.1) is 0 Å². The molecule has 0 bridgehead atoms. The Morgan fingerprint density at radius 2 is 1.83 bits per heavy atom. The lowest BCUT2D eigenvalue weighted by atomic mass is 10.1. The summed E-state index contributed by atoms with van der Waals surface area (Å²) < 4.78 is 0. The van der Waals surface area contributed by atoms with E-state index in [9.17, 15) is 14.9 Å². The van der Waals surface area contributed by atoms with Crippen molar-refractivity contribution in [2.45, 2.75) is 6.92 Å². The highest BCUT2D eigenvalue weighted by atomic mass is 35.5. The molecule has 0 aromatic heterocycles. The second-order valence-corrected chi connectivity index (χ2v) is 5.41. The molecule has 118 valence electrons. The van der Waals surface area contributed by atoms with Gasteiger partial charge in [0, 0.05) is 17.2 Å². The van der Waals surface area contributed by atoms with Crippen molar-refractivity contribution in [3.63, 3.8) is 0 Å². The Kier molecular flexibility index (Phi) is 5.31. The van der Waals surface area contributed by atoms with E-state index in [0.717, 1.165) is 0 Å². The molecular weight excluding hydrogens is 341 g/mol. The summed E-state index contributed by atoms with van der Waals surface area (Å²) in [5, 5.41) is 15.2. The monoisotopic (exact) mass is 351 g/mol. The van der Waals surface area contributed by atoms with Gasteiger partial charge in [0.15, 0.2) is 0 Å². The van der Waals surface area contributed by atoms with E-state index < -0.39 is 10.8 Å². The number of nitrogens with one attached hydrogen (secondary N) is 1. The van der Waals surface area contributed by atoms with Gasteiger partial charge in [-0.05, 0) is 42.8 Å². The quantitative estimate of drug-likeness (QED) is 0.512. The summed E-state index contributed by atoms with van der Waals surface area (Å²) in [5.74, 6) is -0.479. The molecule has 0 aliphatic carbocycles. The van der Waals surface area contributed by atoms with Gasteiger partial charge in [-0.1, -0.05) is 23.2 Å². The molecule has 0 saturated carbocycles. The first kappa shape index (κ1) is 16.9. The fraction of sp³-hybridized carbons (Fsp3) is 0.0667. The summed E-state index contributed by atoms with van der Waals surface area (Å²) in [5.41, 5.74) is 3.76. The number of non-ortho nitro benzene ring substituents is 1. The van der Waals surface area contributed by atoms with Gasteiger partial charge < -0.3 is 0 Å². The van der Waals surface area contributed by atoms with Crippen molar-refractivity contribution in [2.24, 2.45) is 5.10 Å². The maximum Gasteiger partial charge on any atom is 0.272 e. The maximum atomic E-state index is 12.0. The van der Waals surface area contributed by atoms with Gasteiger partial charge in [-0.3, -0.25) is 14.9 Å². The van der Waals surface area contributed by atoms with Gasteiger partial charge in [0.25, 0.3) is 11.6 Å². The van der Waals surface area contributed by atoms with Gasteiger partial charge in [0.05, 0.1) is 21.2 Å². The van der Waals surface area contributed by atoms with Crippen LogP contribution in [-0.4, -0.2) is 16.5 Å². The fourth-order valence-electron chi connectivity index (χ4n) is 1.76. The predicted octanol–water partition coefficient (Wildman–Crippen LogP) is 4.06. The highest BCUT2D eigenvalue weighted by molar-refractivity contribution is 6.36. The molecule has 0 saturated heterocycles. The van der Waals surface area contributed by atoms with Crippen LogP contribution in [0.25, 0.3) is 0 Å². The molecule has 8 heteroatoms. The molecule has 0 aliphatic heterocycles. The van der Waals surface area contributed by atoms with Crippen LogP contribution in [0.5, 0.6) is 0 Å². The highest BCUT2D eigenvalue weighted by Crippen LogP contribution is 2.20. The van der Waals surface area contributed by atoms with E-state index in [0.29, 0.717) is 16.3 Å². The summed E-state index contributed by atoms with van der Waals surface area (Å²) in [6.07, 6.45) is 0. The Bertz CT molecular complexity index is 789. The Hall–Kier alpha value is -2.44. The van der Waals surface area contributed by atoms with Gasteiger partial charge in [0.1, 0.15) is 0 Å². The molecule has 0 heterocycles. The maximum absolute atomic E-state index is 12.0. The standard InChI is InChI=1S/C15H11Cl2N3O3/c1-9(10-2-5-12(6-3-10)20(22)23)18-19-15(21)13-7-4-11(16)8-14(13)17/h2-8H,1H3,(H,19,21). The van der Waals surface area contributed by atoms with Crippen LogP contribution in [0.1, 0.15) is 22.8 Å². The Morgan fingerprint density at radius 1 is 1.17 bits per heavy atom. The third-order valence-corrected chi connectivity index (χ3v) is 3.54. The summed E-state index contributed by atoms with van der Waals surface area (Å²) in [6, 6.07) is 10.4. The first-order valence-corrected chi connectivity index (χ1v) is 7.18. The van der Waals surface area contributed by atoms with Crippen LogP contribution >= 0.6 is 23.2 Å². The minimum Gasteiger partial charge on any atom is -0.267 e. The van der Waals surface area contributed by atoms with Gasteiger partial charge >= 0.3 is 0 Å². The zero-order chi connectivity index (χ0) is 17.0. The average Bonchev–Trinajstić information content (AvgIpc) is 2.52. The Labute approximate surface area is 141 Å². The van der Waals surface area contributed by atoms with Gasteiger partial charge in [0.2, 0.25) is 0 Å². The topological polar surface area (TPSA) is 84.6 Å². The van der Waals surface area contributed by atoms with Crippen LogP contribution in [-0.2, 0) is 0 Å². The van der Waals surface area contributed by atoms with Crippen molar-refractivity contribution in [1.82, 2.24) is 5.43 Å². The zero-order valence-electron chi connectivity index (χ0n) is 11.9. The van der Waals surface area contributed by atoms with Crippen molar-refractivity contribution in [3.8, 4) is 0 Å². The Balaban J connectivity index is 2.12. The number of amides is 1. The number of hydrazone groups is 1. The number of nitro benzene ring substituents is 1. The molecule has 23 heavy (non-hydrogen) atoms. The van der Waals surface area contributed by atoms with Crippen molar-refractivity contribution in [3.05, 3.63) is 73.8 Å². The fourth-order valence-corrected chi connectivity index (χ4v) is 2.25. The minimum atomic E-state index is -0.486. The molecule has 2 rings (SSSR count). The van der Waals surface area contributed by atoms with E-state index in [1.165, 1.54) is 24.3 Å². The molecule has 0 radical (unpaired) electrons. The lowest BCUT2D eigenvalue weighted by Crippen LogP contribution is -2.19. The first-order chi connectivity index (χ1) is 10.9. The smallest absolute Gasteiger partial charge is 0.267 e. The number of benzene rings is 2.